The van der Waals surface area contributed by atoms with Gasteiger partial charge in [-0.15, -0.1) is 0 Å². The molecule has 1 atom stereocenters. The molecule has 0 spiro atoms. The molecule has 1 N–H and O–H groups in total. The molecule has 1 aromatic carbocycles. The van der Waals surface area contributed by atoms with Crippen molar-refractivity contribution in [1.29, 1.82) is 0 Å². The highest BCUT2D eigenvalue weighted by atomic mass is 35.5. The van der Waals surface area contributed by atoms with Gasteiger partial charge in [-0.2, -0.15) is 10.2 Å². The Morgan fingerprint density at radius 3 is 2.70 bits per heavy atom. The highest BCUT2D eigenvalue weighted by Crippen LogP contribution is 2.17. The average molecular weight is 389 g/mol. The van der Waals surface area contributed by atoms with Gasteiger partial charge in [-0.05, 0) is 11.6 Å². The average Bonchev–Trinajstić information content (AvgIpc) is 3.26. The second-order valence-corrected chi connectivity index (χ2v) is 6.49. The van der Waals surface area contributed by atoms with Crippen molar-refractivity contribution >= 4 is 28.9 Å². The Morgan fingerprint density at radius 1 is 1.26 bits per heavy atom. The first kappa shape index (κ1) is 18.6. The molecule has 10 heteroatoms. The van der Waals surface area contributed by atoms with Crippen molar-refractivity contribution in [2.24, 2.45) is 5.92 Å². The van der Waals surface area contributed by atoms with E-state index in [4.69, 9.17) is 11.6 Å². The van der Waals surface area contributed by atoms with E-state index in [0.29, 0.717) is 17.3 Å². The second-order valence-electron chi connectivity index (χ2n) is 6.09. The predicted molar refractivity (Wildman–Crippen MR) is 99.5 cm³/mol. The van der Waals surface area contributed by atoms with Crippen LogP contribution in [0.25, 0.3) is 0 Å². The summed E-state index contributed by atoms with van der Waals surface area (Å²) in [6.45, 7) is 2.44. The van der Waals surface area contributed by atoms with Crippen LogP contribution < -0.4 is 5.32 Å². The summed E-state index contributed by atoms with van der Waals surface area (Å²) in [6, 6.07) is 7.48. The van der Waals surface area contributed by atoms with Crippen molar-refractivity contribution in [2.45, 2.75) is 20.0 Å². The van der Waals surface area contributed by atoms with Crippen LogP contribution in [0.5, 0.6) is 0 Å². The summed E-state index contributed by atoms with van der Waals surface area (Å²) in [7, 11) is 0. The molecule has 0 saturated heterocycles. The summed E-state index contributed by atoms with van der Waals surface area (Å²) < 4.78 is 3.06. The molecule has 27 heavy (non-hydrogen) atoms. The maximum absolute atomic E-state index is 12.3. The van der Waals surface area contributed by atoms with Crippen molar-refractivity contribution in [3.05, 3.63) is 69.8 Å². The number of anilines is 1. The number of hydrogen-bond acceptors (Lipinski definition) is 5. The van der Waals surface area contributed by atoms with Crippen LogP contribution in [0, 0.1) is 16.0 Å². The summed E-state index contributed by atoms with van der Waals surface area (Å²) in [4.78, 5) is 22.5. The van der Waals surface area contributed by atoms with Gasteiger partial charge in [0.1, 0.15) is 12.4 Å². The Balaban J connectivity index is 1.58. The largest absolute Gasteiger partial charge is 0.323 e. The first-order valence-corrected chi connectivity index (χ1v) is 8.53. The molecule has 2 heterocycles. The lowest BCUT2D eigenvalue weighted by Gasteiger charge is -2.10. The third-order valence-electron chi connectivity index (χ3n) is 3.93. The van der Waals surface area contributed by atoms with Gasteiger partial charge in [-0.25, -0.2) is 0 Å². The molecular formula is C17H17ClN6O3. The van der Waals surface area contributed by atoms with Crippen molar-refractivity contribution in [3.8, 4) is 0 Å². The number of nitro groups is 1. The van der Waals surface area contributed by atoms with E-state index in [1.54, 1.807) is 24.0 Å². The van der Waals surface area contributed by atoms with Gasteiger partial charge in [0.15, 0.2) is 0 Å². The Hall–Kier alpha value is -3.20. The standard InChI is InChI=1S/C17H17ClN6O3/c1-12(8-22-11-15(7-20-22)24(26)27)17(25)21-14-6-19-23(10-14)9-13-4-2-3-5-16(13)18/h2-7,10-12H,8-9H2,1H3,(H,21,25). The van der Waals surface area contributed by atoms with Crippen LogP contribution in [0.3, 0.4) is 0 Å². The van der Waals surface area contributed by atoms with Crippen molar-refractivity contribution in [1.82, 2.24) is 19.6 Å². The summed E-state index contributed by atoms with van der Waals surface area (Å²) in [5.74, 6) is -0.665. The quantitative estimate of drug-likeness (QED) is 0.494. The predicted octanol–water partition coefficient (Wildman–Crippen LogP) is 2.96. The maximum Gasteiger partial charge on any atom is 0.306 e. The Labute approximate surface area is 159 Å². The lowest BCUT2D eigenvalue weighted by atomic mass is 10.1. The van der Waals surface area contributed by atoms with Gasteiger partial charge < -0.3 is 5.32 Å². The topological polar surface area (TPSA) is 108 Å². The van der Waals surface area contributed by atoms with Gasteiger partial charge in [0.2, 0.25) is 5.91 Å². The zero-order valence-corrected chi connectivity index (χ0v) is 15.2. The molecule has 1 unspecified atom stereocenters. The summed E-state index contributed by atoms with van der Waals surface area (Å²) >= 11 is 6.14. The highest BCUT2D eigenvalue weighted by Gasteiger charge is 2.17. The Morgan fingerprint density at radius 2 is 2.00 bits per heavy atom. The van der Waals surface area contributed by atoms with Gasteiger partial charge in [0.05, 0.1) is 35.8 Å². The van der Waals surface area contributed by atoms with Crippen molar-refractivity contribution in [2.75, 3.05) is 5.32 Å². The zero-order chi connectivity index (χ0) is 19.4. The monoisotopic (exact) mass is 388 g/mol. The Bertz CT molecular complexity index is 967. The minimum Gasteiger partial charge on any atom is -0.323 e. The van der Waals surface area contributed by atoms with Crippen LogP contribution in [0.4, 0.5) is 11.4 Å². The number of halogens is 1. The smallest absolute Gasteiger partial charge is 0.306 e. The molecular weight excluding hydrogens is 372 g/mol. The molecule has 0 bridgehead atoms. The molecule has 0 aliphatic rings. The van der Waals surface area contributed by atoms with Gasteiger partial charge in [0.25, 0.3) is 0 Å². The number of nitrogens with one attached hydrogen (secondary N) is 1. The molecule has 0 radical (unpaired) electrons. The van der Waals surface area contributed by atoms with E-state index in [1.807, 2.05) is 24.3 Å². The van der Waals surface area contributed by atoms with Crippen LogP contribution in [0.15, 0.2) is 49.1 Å². The fraction of sp³-hybridized carbons (Fsp3) is 0.235. The molecule has 140 valence electrons. The van der Waals surface area contributed by atoms with Crippen LogP contribution in [0.2, 0.25) is 5.02 Å². The fourth-order valence-corrected chi connectivity index (χ4v) is 2.69. The third-order valence-corrected chi connectivity index (χ3v) is 4.30. The number of hydrogen-bond donors (Lipinski definition) is 1. The lowest BCUT2D eigenvalue weighted by Crippen LogP contribution is -2.24. The van der Waals surface area contributed by atoms with E-state index in [0.717, 1.165) is 11.8 Å². The Kier molecular flexibility index (Phi) is 5.51. The number of carbonyl (C=O) groups is 1. The minimum absolute atomic E-state index is 0.108. The van der Waals surface area contributed by atoms with E-state index in [1.165, 1.54) is 10.9 Å². The molecule has 0 aliphatic carbocycles. The number of aromatic nitrogens is 4. The molecule has 3 aromatic rings. The zero-order valence-electron chi connectivity index (χ0n) is 14.4. The highest BCUT2D eigenvalue weighted by molar-refractivity contribution is 6.31. The van der Waals surface area contributed by atoms with Crippen molar-refractivity contribution < 1.29 is 9.72 Å². The van der Waals surface area contributed by atoms with Crippen LogP contribution in [0.1, 0.15) is 12.5 Å². The number of carbonyl (C=O) groups excluding carboxylic acids is 1. The van der Waals surface area contributed by atoms with E-state index in [9.17, 15) is 14.9 Å². The molecule has 0 saturated carbocycles. The summed E-state index contributed by atoms with van der Waals surface area (Å²) in [5.41, 5.74) is 1.38. The SMILES string of the molecule is CC(Cn1cc([N+](=O)[O-])cn1)C(=O)Nc1cnn(Cc2ccccc2Cl)c1. The van der Waals surface area contributed by atoms with Crippen LogP contribution >= 0.6 is 11.6 Å². The van der Waals surface area contributed by atoms with E-state index >= 15 is 0 Å². The number of amides is 1. The third kappa shape index (κ3) is 4.70. The minimum atomic E-state index is -0.526. The lowest BCUT2D eigenvalue weighted by molar-refractivity contribution is -0.385. The van der Waals surface area contributed by atoms with Gasteiger partial charge >= 0.3 is 5.69 Å². The normalized spacial score (nSPS) is 11.9. The van der Waals surface area contributed by atoms with Crippen molar-refractivity contribution in [3.63, 3.8) is 0 Å². The summed E-state index contributed by atoms with van der Waals surface area (Å²) in [5, 5.41) is 22.2. The van der Waals surface area contributed by atoms with Gasteiger partial charge in [0, 0.05) is 11.2 Å². The fourth-order valence-electron chi connectivity index (χ4n) is 2.49. The molecule has 2 aromatic heterocycles. The first-order chi connectivity index (χ1) is 12.9. The molecule has 3 rings (SSSR count). The molecule has 0 aliphatic heterocycles. The summed E-state index contributed by atoms with van der Waals surface area (Å²) in [6.07, 6.45) is 5.72. The number of benzene rings is 1. The number of nitrogens with zero attached hydrogens (tertiary/aromatic N) is 5. The van der Waals surface area contributed by atoms with Crippen LogP contribution in [-0.4, -0.2) is 30.4 Å². The second kappa shape index (κ2) is 8.00. The van der Waals surface area contributed by atoms with Crippen LogP contribution in [-0.2, 0) is 17.9 Å². The first-order valence-electron chi connectivity index (χ1n) is 8.16. The van der Waals surface area contributed by atoms with Gasteiger partial charge in [-0.1, -0.05) is 36.7 Å². The maximum atomic E-state index is 12.3. The molecule has 9 nitrogen and oxygen atoms in total. The van der Waals surface area contributed by atoms with E-state index < -0.39 is 10.8 Å². The van der Waals surface area contributed by atoms with Gasteiger partial charge in [-0.3, -0.25) is 24.3 Å². The number of rotatable bonds is 7. The molecule has 0 fully saturated rings. The van der Waals surface area contributed by atoms with E-state index in [2.05, 4.69) is 15.5 Å². The molecule has 1 amide bonds. The van der Waals surface area contributed by atoms with E-state index in [-0.39, 0.29) is 18.1 Å².